The molecule has 0 radical (unpaired) electrons. The summed E-state index contributed by atoms with van der Waals surface area (Å²) in [6, 6.07) is 5.65. The average Bonchev–Trinajstić information content (AvgIpc) is 2.83. The van der Waals surface area contributed by atoms with Crippen LogP contribution in [0.5, 0.6) is 0 Å². The van der Waals surface area contributed by atoms with Gasteiger partial charge in [0.1, 0.15) is 10.7 Å². The minimum atomic E-state index is -0.206. The molecule has 0 saturated heterocycles. The molecule has 100 valence electrons. The Morgan fingerprint density at radius 2 is 2.26 bits per heavy atom. The summed E-state index contributed by atoms with van der Waals surface area (Å²) < 4.78 is 1.12. The van der Waals surface area contributed by atoms with E-state index in [-0.39, 0.29) is 11.9 Å². The van der Waals surface area contributed by atoms with E-state index in [1.165, 1.54) is 16.9 Å². The van der Waals surface area contributed by atoms with Crippen molar-refractivity contribution in [3.05, 3.63) is 43.4 Å². The maximum absolute atomic E-state index is 12.0. The van der Waals surface area contributed by atoms with Gasteiger partial charge in [0, 0.05) is 14.6 Å². The molecular formula is C13H14IN3OS. The van der Waals surface area contributed by atoms with Crippen LogP contribution in [0.15, 0.2) is 23.6 Å². The number of aromatic nitrogens is 1. The molecule has 0 spiro atoms. The number of hydrogen-bond donors (Lipinski definition) is 2. The van der Waals surface area contributed by atoms with Gasteiger partial charge in [0.15, 0.2) is 0 Å². The van der Waals surface area contributed by atoms with Crippen molar-refractivity contribution in [2.24, 2.45) is 5.73 Å². The quantitative estimate of drug-likeness (QED) is 0.794. The third-order valence-corrected chi connectivity index (χ3v) is 4.78. The predicted molar refractivity (Wildman–Crippen MR) is 86.6 cm³/mol. The Morgan fingerprint density at radius 1 is 1.53 bits per heavy atom. The van der Waals surface area contributed by atoms with Crippen molar-refractivity contribution in [2.45, 2.75) is 19.9 Å². The van der Waals surface area contributed by atoms with Crippen LogP contribution < -0.4 is 11.1 Å². The largest absolute Gasteiger partial charge is 0.322 e. The second-order valence-corrected chi connectivity index (χ2v) is 6.33. The Kier molecular flexibility index (Phi) is 4.54. The zero-order chi connectivity index (χ0) is 14.0. The van der Waals surface area contributed by atoms with Crippen molar-refractivity contribution in [1.29, 1.82) is 0 Å². The molecule has 1 aromatic heterocycles. The van der Waals surface area contributed by atoms with Crippen LogP contribution in [-0.4, -0.2) is 10.9 Å². The fourth-order valence-electron chi connectivity index (χ4n) is 1.47. The fraction of sp³-hybridized carbons (Fsp3) is 0.231. The summed E-state index contributed by atoms with van der Waals surface area (Å²) in [6.07, 6.45) is 0. The van der Waals surface area contributed by atoms with Crippen LogP contribution in [-0.2, 0) is 0 Å². The number of thiazole rings is 1. The Hall–Kier alpha value is -0.990. The molecular weight excluding hydrogens is 373 g/mol. The maximum Gasteiger partial charge on any atom is 0.275 e. The number of nitrogens with two attached hydrogens (primary N) is 1. The number of halogens is 1. The third kappa shape index (κ3) is 3.52. The molecule has 0 bridgehead atoms. The molecule has 6 heteroatoms. The molecule has 4 nitrogen and oxygen atoms in total. The van der Waals surface area contributed by atoms with Gasteiger partial charge in [0.05, 0.1) is 6.04 Å². The maximum atomic E-state index is 12.0. The summed E-state index contributed by atoms with van der Waals surface area (Å²) in [5.74, 6) is -0.206. The fourth-order valence-corrected chi connectivity index (χ4v) is 2.74. The summed E-state index contributed by atoms with van der Waals surface area (Å²) in [4.78, 5) is 16.3. The lowest BCUT2D eigenvalue weighted by Crippen LogP contribution is -2.13. The zero-order valence-corrected chi connectivity index (χ0v) is 13.6. The lowest BCUT2D eigenvalue weighted by Gasteiger charge is -2.05. The molecule has 0 saturated carbocycles. The van der Waals surface area contributed by atoms with Gasteiger partial charge >= 0.3 is 0 Å². The van der Waals surface area contributed by atoms with E-state index in [0.29, 0.717) is 5.69 Å². The summed E-state index contributed by atoms with van der Waals surface area (Å²) in [6.45, 7) is 3.88. The van der Waals surface area contributed by atoms with E-state index < -0.39 is 0 Å². The molecule has 1 unspecified atom stereocenters. The smallest absolute Gasteiger partial charge is 0.275 e. The van der Waals surface area contributed by atoms with Crippen LogP contribution in [0.3, 0.4) is 0 Å². The van der Waals surface area contributed by atoms with Gasteiger partial charge < -0.3 is 11.1 Å². The van der Waals surface area contributed by atoms with Gasteiger partial charge in [-0.1, -0.05) is 6.07 Å². The SMILES string of the molecule is Cc1ccc(NC(=O)c2csc(C(C)N)n2)cc1I. The highest BCUT2D eigenvalue weighted by molar-refractivity contribution is 14.1. The number of amides is 1. The number of carbonyl (C=O) groups excluding carboxylic acids is 1. The van der Waals surface area contributed by atoms with E-state index in [9.17, 15) is 4.79 Å². The molecule has 1 aromatic carbocycles. The number of benzene rings is 1. The van der Waals surface area contributed by atoms with E-state index in [2.05, 4.69) is 32.9 Å². The first-order chi connectivity index (χ1) is 8.97. The molecule has 1 atom stereocenters. The van der Waals surface area contributed by atoms with Crippen LogP contribution in [0.25, 0.3) is 0 Å². The van der Waals surface area contributed by atoms with Crippen molar-refractivity contribution in [2.75, 3.05) is 5.32 Å². The second-order valence-electron chi connectivity index (χ2n) is 4.28. The van der Waals surface area contributed by atoms with Gasteiger partial charge in [-0.15, -0.1) is 11.3 Å². The molecule has 0 aliphatic heterocycles. The van der Waals surface area contributed by atoms with Crippen LogP contribution in [0.1, 0.15) is 34.0 Å². The monoisotopic (exact) mass is 387 g/mol. The lowest BCUT2D eigenvalue weighted by molar-refractivity contribution is 0.102. The minimum absolute atomic E-state index is 0.146. The standard InChI is InChI=1S/C13H14IN3OS/c1-7-3-4-9(5-10(7)14)16-12(18)11-6-19-13(17-11)8(2)15/h3-6,8H,15H2,1-2H3,(H,16,18). The molecule has 0 aliphatic rings. The molecule has 0 aliphatic carbocycles. The molecule has 19 heavy (non-hydrogen) atoms. The molecule has 3 N–H and O–H groups in total. The van der Waals surface area contributed by atoms with Gasteiger partial charge in [-0.05, 0) is 54.1 Å². The Labute approximate surface area is 129 Å². The van der Waals surface area contributed by atoms with E-state index in [0.717, 1.165) is 14.3 Å². The van der Waals surface area contributed by atoms with Crippen LogP contribution >= 0.6 is 33.9 Å². The molecule has 1 heterocycles. The predicted octanol–water partition coefficient (Wildman–Crippen LogP) is 3.33. The van der Waals surface area contributed by atoms with Crippen molar-refractivity contribution < 1.29 is 4.79 Å². The molecule has 2 aromatic rings. The van der Waals surface area contributed by atoms with E-state index in [1.54, 1.807) is 5.38 Å². The van der Waals surface area contributed by atoms with Crippen LogP contribution in [0.2, 0.25) is 0 Å². The molecule has 1 amide bonds. The topological polar surface area (TPSA) is 68.0 Å². The molecule has 2 rings (SSSR count). The summed E-state index contributed by atoms with van der Waals surface area (Å²) in [5, 5.41) is 5.33. The van der Waals surface area contributed by atoms with Crippen molar-refractivity contribution >= 4 is 45.5 Å². The summed E-state index contributed by atoms with van der Waals surface area (Å²) >= 11 is 3.65. The highest BCUT2D eigenvalue weighted by Gasteiger charge is 2.13. The third-order valence-electron chi connectivity index (χ3n) is 2.57. The highest BCUT2D eigenvalue weighted by atomic mass is 127. The number of aryl methyl sites for hydroxylation is 1. The number of carbonyl (C=O) groups is 1. The summed E-state index contributed by atoms with van der Waals surface area (Å²) in [7, 11) is 0. The van der Waals surface area contributed by atoms with Crippen molar-refractivity contribution in [1.82, 2.24) is 4.98 Å². The highest BCUT2D eigenvalue weighted by Crippen LogP contribution is 2.19. The first-order valence-corrected chi connectivity index (χ1v) is 7.71. The van der Waals surface area contributed by atoms with Gasteiger partial charge in [0.2, 0.25) is 0 Å². The lowest BCUT2D eigenvalue weighted by atomic mass is 10.2. The minimum Gasteiger partial charge on any atom is -0.322 e. The number of nitrogens with zero attached hydrogens (tertiary/aromatic N) is 1. The number of rotatable bonds is 3. The van der Waals surface area contributed by atoms with Gasteiger partial charge in [-0.3, -0.25) is 4.79 Å². The summed E-state index contributed by atoms with van der Waals surface area (Å²) in [5.41, 5.74) is 8.10. The van der Waals surface area contributed by atoms with Gasteiger partial charge in [0.25, 0.3) is 5.91 Å². The Bertz CT molecular complexity index is 610. The Balaban J connectivity index is 2.13. The van der Waals surface area contributed by atoms with Crippen LogP contribution in [0, 0.1) is 10.5 Å². The number of nitrogens with one attached hydrogen (secondary N) is 1. The van der Waals surface area contributed by atoms with E-state index in [1.807, 2.05) is 32.0 Å². The molecule has 0 fully saturated rings. The first kappa shape index (κ1) is 14.4. The van der Waals surface area contributed by atoms with Gasteiger partial charge in [-0.25, -0.2) is 4.98 Å². The second kappa shape index (κ2) is 5.98. The van der Waals surface area contributed by atoms with Crippen molar-refractivity contribution in [3.63, 3.8) is 0 Å². The van der Waals surface area contributed by atoms with Crippen LogP contribution in [0.4, 0.5) is 5.69 Å². The van der Waals surface area contributed by atoms with Gasteiger partial charge in [-0.2, -0.15) is 0 Å². The average molecular weight is 387 g/mol. The van der Waals surface area contributed by atoms with Crippen molar-refractivity contribution in [3.8, 4) is 0 Å². The Morgan fingerprint density at radius 3 is 2.84 bits per heavy atom. The zero-order valence-electron chi connectivity index (χ0n) is 10.6. The van der Waals surface area contributed by atoms with E-state index in [4.69, 9.17) is 5.73 Å². The normalized spacial score (nSPS) is 12.2. The van der Waals surface area contributed by atoms with E-state index >= 15 is 0 Å². The first-order valence-electron chi connectivity index (χ1n) is 5.76. The number of hydrogen-bond acceptors (Lipinski definition) is 4. The number of anilines is 1.